The van der Waals surface area contributed by atoms with Gasteiger partial charge in [-0.2, -0.15) is 5.10 Å². The Hall–Kier alpha value is -2.14. The van der Waals surface area contributed by atoms with Gasteiger partial charge in [0.05, 0.1) is 18.4 Å². The fourth-order valence-corrected chi connectivity index (χ4v) is 3.04. The summed E-state index contributed by atoms with van der Waals surface area (Å²) in [6, 6.07) is 8.32. The summed E-state index contributed by atoms with van der Waals surface area (Å²) in [5.41, 5.74) is 5.73. The summed E-state index contributed by atoms with van der Waals surface area (Å²) in [6.07, 6.45) is 2.11. The predicted octanol–water partition coefficient (Wildman–Crippen LogP) is 2.22. The van der Waals surface area contributed by atoms with E-state index < -0.39 is 0 Å². The highest BCUT2D eigenvalue weighted by Gasteiger charge is 2.19. The number of H-pyrrole nitrogens is 1. The van der Waals surface area contributed by atoms with Gasteiger partial charge in [-0.15, -0.1) is 0 Å². The molecule has 2 aromatic rings. The summed E-state index contributed by atoms with van der Waals surface area (Å²) in [5, 5.41) is 10.1. The van der Waals surface area contributed by atoms with Crippen molar-refractivity contribution in [3.8, 4) is 0 Å². The second-order valence-corrected chi connectivity index (χ2v) is 6.12. The number of nitrogens with one attached hydrogen (secondary N) is 2. The summed E-state index contributed by atoms with van der Waals surface area (Å²) in [5.74, 6) is 0.0625. The lowest BCUT2D eigenvalue weighted by Gasteiger charge is -2.25. The van der Waals surface area contributed by atoms with E-state index in [0.29, 0.717) is 26.0 Å². The molecule has 0 radical (unpaired) electrons. The molecule has 0 saturated heterocycles. The number of carbonyl (C=O) groups is 1. The zero-order chi connectivity index (χ0) is 16.2. The van der Waals surface area contributed by atoms with E-state index in [1.165, 1.54) is 11.1 Å². The molecule has 1 unspecified atom stereocenters. The second kappa shape index (κ2) is 6.96. The first-order chi connectivity index (χ1) is 11.1. The monoisotopic (exact) mass is 313 g/mol. The van der Waals surface area contributed by atoms with Crippen molar-refractivity contribution in [3.05, 3.63) is 52.3 Å². The summed E-state index contributed by atoms with van der Waals surface area (Å²) in [4.78, 5) is 12.1. The van der Waals surface area contributed by atoms with E-state index in [2.05, 4.69) is 33.7 Å². The number of hydrogen-bond donors (Lipinski definition) is 2. The number of fused-ring (bicyclic) bond motifs is 1. The Morgan fingerprint density at radius 3 is 2.87 bits per heavy atom. The zero-order valence-corrected chi connectivity index (χ0v) is 13.7. The fourth-order valence-electron chi connectivity index (χ4n) is 3.04. The smallest absolute Gasteiger partial charge is 0.220 e. The van der Waals surface area contributed by atoms with Crippen molar-refractivity contribution in [2.75, 3.05) is 6.54 Å². The molecule has 122 valence electrons. The number of hydrogen-bond acceptors (Lipinski definition) is 3. The largest absolute Gasteiger partial charge is 0.371 e. The molecule has 0 fully saturated rings. The Balaban J connectivity index is 1.45. The standard InChI is InChI=1S/C18H23N3O2/c1-12-17(13(2)21-20-12)7-8-18(22)19-10-16-9-14-5-3-4-6-15(14)11-23-16/h3-6,16H,7-11H2,1-2H3,(H,19,22)(H,20,21). The number of amides is 1. The number of rotatable bonds is 5. The number of aromatic nitrogens is 2. The number of ether oxygens (including phenoxy) is 1. The van der Waals surface area contributed by atoms with Gasteiger partial charge in [0, 0.05) is 25.1 Å². The first-order valence-electron chi connectivity index (χ1n) is 8.09. The highest BCUT2D eigenvalue weighted by atomic mass is 16.5. The number of nitrogens with zero attached hydrogens (tertiary/aromatic N) is 1. The van der Waals surface area contributed by atoms with E-state index in [4.69, 9.17) is 4.74 Å². The van der Waals surface area contributed by atoms with Gasteiger partial charge in [-0.05, 0) is 37.0 Å². The highest BCUT2D eigenvalue weighted by molar-refractivity contribution is 5.76. The van der Waals surface area contributed by atoms with Crippen LogP contribution in [0.3, 0.4) is 0 Å². The molecular weight excluding hydrogens is 290 g/mol. The molecule has 1 aromatic carbocycles. The topological polar surface area (TPSA) is 67.0 Å². The molecule has 2 N–H and O–H groups in total. The molecule has 0 aliphatic carbocycles. The van der Waals surface area contributed by atoms with Crippen molar-refractivity contribution < 1.29 is 9.53 Å². The molecule has 5 heteroatoms. The van der Waals surface area contributed by atoms with Crippen LogP contribution in [0, 0.1) is 13.8 Å². The van der Waals surface area contributed by atoms with Crippen LogP contribution in [-0.2, 0) is 29.0 Å². The summed E-state index contributed by atoms with van der Waals surface area (Å²) < 4.78 is 5.81. The number of carbonyl (C=O) groups excluding carboxylic acids is 1. The fraction of sp³-hybridized carbons (Fsp3) is 0.444. The van der Waals surface area contributed by atoms with Crippen LogP contribution < -0.4 is 5.32 Å². The van der Waals surface area contributed by atoms with Gasteiger partial charge < -0.3 is 10.1 Å². The average Bonchev–Trinajstić information content (AvgIpc) is 2.89. The molecule has 1 aromatic heterocycles. The third-order valence-electron chi connectivity index (χ3n) is 4.45. The normalized spacial score (nSPS) is 16.9. The summed E-state index contributed by atoms with van der Waals surface area (Å²) in [7, 11) is 0. The lowest BCUT2D eigenvalue weighted by molar-refractivity contribution is -0.121. The molecule has 2 heterocycles. The maximum absolute atomic E-state index is 12.1. The Morgan fingerprint density at radius 1 is 1.35 bits per heavy atom. The Kier molecular flexibility index (Phi) is 4.76. The van der Waals surface area contributed by atoms with E-state index in [1.54, 1.807) is 0 Å². The minimum atomic E-state index is 0.0613. The predicted molar refractivity (Wildman–Crippen MR) is 88.1 cm³/mol. The Labute approximate surface area is 136 Å². The average molecular weight is 313 g/mol. The molecule has 1 amide bonds. The molecule has 5 nitrogen and oxygen atoms in total. The van der Waals surface area contributed by atoms with Crippen LogP contribution in [0.25, 0.3) is 0 Å². The summed E-state index contributed by atoms with van der Waals surface area (Å²) >= 11 is 0. The van der Waals surface area contributed by atoms with Gasteiger partial charge in [0.15, 0.2) is 0 Å². The number of aromatic amines is 1. The number of aryl methyl sites for hydroxylation is 2. The quantitative estimate of drug-likeness (QED) is 0.889. The van der Waals surface area contributed by atoms with Gasteiger partial charge in [-0.25, -0.2) is 0 Å². The highest BCUT2D eigenvalue weighted by Crippen LogP contribution is 2.19. The van der Waals surface area contributed by atoms with Gasteiger partial charge in [0.25, 0.3) is 0 Å². The lowest BCUT2D eigenvalue weighted by atomic mass is 9.99. The van der Waals surface area contributed by atoms with Gasteiger partial charge in [-0.3, -0.25) is 9.89 Å². The van der Waals surface area contributed by atoms with E-state index in [1.807, 2.05) is 19.9 Å². The third-order valence-corrected chi connectivity index (χ3v) is 4.45. The SMILES string of the molecule is Cc1n[nH]c(C)c1CCC(=O)NCC1Cc2ccccc2CO1. The van der Waals surface area contributed by atoms with Crippen molar-refractivity contribution >= 4 is 5.91 Å². The molecule has 1 aliphatic rings. The van der Waals surface area contributed by atoms with Crippen LogP contribution in [-0.4, -0.2) is 28.8 Å². The molecule has 0 saturated carbocycles. The van der Waals surface area contributed by atoms with Crippen molar-refractivity contribution in [2.45, 2.75) is 45.8 Å². The van der Waals surface area contributed by atoms with E-state index in [-0.39, 0.29) is 12.0 Å². The van der Waals surface area contributed by atoms with Gasteiger partial charge in [0.1, 0.15) is 0 Å². The molecule has 23 heavy (non-hydrogen) atoms. The lowest BCUT2D eigenvalue weighted by Crippen LogP contribution is -2.36. The van der Waals surface area contributed by atoms with Gasteiger partial charge >= 0.3 is 0 Å². The molecule has 3 rings (SSSR count). The third kappa shape index (κ3) is 3.79. The maximum Gasteiger partial charge on any atom is 0.220 e. The maximum atomic E-state index is 12.1. The van der Waals surface area contributed by atoms with Gasteiger partial charge in [-0.1, -0.05) is 24.3 Å². The van der Waals surface area contributed by atoms with Crippen LogP contribution in [0.2, 0.25) is 0 Å². The second-order valence-electron chi connectivity index (χ2n) is 6.12. The van der Waals surface area contributed by atoms with Crippen molar-refractivity contribution in [2.24, 2.45) is 0 Å². The number of benzene rings is 1. The Bertz CT molecular complexity index is 674. The first kappa shape index (κ1) is 15.7. The van der Waals surface area contributed by atoms with Crippen molar-refractivity contribution in [1.29, 1.82) is 0 Å². The van der Waals surface area contributed by atoms with Crippen LogP contribution in [0.5, 0.6) is 0 Å². The van der Waals surface area contributed by atoms with Crippen molar-refractivity contribution in [1.82, 2.24) is 15.5 Å². The summed E-state index contributed by atoms with van der Waals surface area (Å²) in [6.45, 7) is 5.14. The van der Waals surface area contributed by atoms with Gasteiger partial charge in [0.2, 0.25) is 5.91 Å². The van der Waals surface area contributed by atoms with Crippen molar-refractivity contribution in [3.63, 3.8) is 0 Å². The molecule has 0 spiro atoms. The zero-order valence-electron chi connectivity index (χ0n) is 13.7. The molecule has 1 aliphatic heterocycles. The molecule has 0 bridgehead atoms. The van der Waals surface area contributed by atoms with Crippen LogP contribution in [0.4, 0.5) is 0 Å². The minimum absolute atomic E-state index is 0.0613. The van der Waals surface area contributed by atoms with Crippen LogP contribution in [0.1, 0.15) is 34.5 Å². The Morgan fingerprint density at radius 2 is 2.13 bits per heavy atom. The molecule has 1 atom stereocenters. The molecular formula is C18H23N3O2. The van der Waals surface area contributed by atoms with E-state index in [9.17, 15) is 4.79 Å². The van der Waals surface area contributed by atoms with E-state index in [0.717, 1.165) is 23.4 Å². The first-order valence-corrected chi connectivity index (χ1v) is 8.09. The van der Waals surface area contributed by atoms with E-state index >= 15 is 0 Å². The van der Waals surface area contributed by atoms with Crippen LogP contribution in [0.15, 0.2) is 24.3 Å². The van der Waals surface area contributed by atoms with Crippen LogP contribution >= 0.6 is 0 Å². The minimum Gasteiger partial charge on any atom is -0.371 e.